The minimum absolute atomic E-state index is 0.0626. The molecule has 0 aliphatic heterocycles. The molecule has 0 radical (unpaired) electrons. The van der Waals surface area contributed by atoms with Crippen LogP contribution in [-0.4, -0.2) is 72.7 Å². The third-order valence-electron chi connectivity index (χ3n) is 6.22. The SMILES string of the molecule is CCCN(CCC)C(=O)c1cc(C)cc(C(=O)N[C@@H](Cc2cc(F)cc(F)c2)[C@H](O)CCNC(=O)COCC)c1. The first-order valence-electron chi connectivity index (χ1n) is 13.8. The number of aliphatic hydroxyl groups is 1. The van der Waals surface area contributed by atoms with Crippen LogP contribution < -0.4 is 10.6 Å². The number of aliphatic hydroxyl groups excluding tert-OH is 1. The first-order valence-corrected chi connectivity index (χ1v) is 13.8. The predicted octanol–water partition coefficient (Wildman–Crippen LogP) is 3.78. The van der Waals surface area contributed by atoms with E-state index in [0.717, 1.165) is 31.0 Å². The highest BCUT2D eigenvalue weighted by Crippen LogP contribution is 2.16. The number of halogens is 2. The lowest BCUT2D eigenvalue weighted by Gasteiger charge is -2.25. The second kappa shape index (κ2) is 16.7. The molecule has 220 valence electrons. The van der Waals surface area contributed by atoms with Crippen molar-refractivity contribution >= 4 is 17.7 Å². The number of hydrogen-bond acceptors (Lipinski definition) is 5. The van der Waals surface area contributed by atoms with Gasteiger partial charge in [0.1, 0.15) is 18.2 Å². The molecular formula is C30H41F2N3O5. The number of hydrogen-bond donors (Lipinski definition) is 3. The monoisotopic (exact) mass is 561 g/mol. The lowest BCUT2D eigenvalue weighted by atomic mass is 9.97. The van der Waals surface area contributed by atoms with Gasteiger partial charge >= 0.3 is 0 Å². The normalized spacial score (nSPS) is 12.5. The first-order chi connectivity index (χ1) is 19.1. The van der Waals surface area contributed by atoms with E-state index in [9.17, 15) is 28.3 Å². The summed E-state index contributed by atoms with van der Waals surface area (Å²) in [7, 11) is 0. The van der Waals surface area contributed by atoms with Crippen molar-refractivity contribution in [1.82, 2.24) is 15.5 Å². The van der Waals surface area contributed by atoms with Gasteiger partial charge < -0.3 is 25.4 Å². The quantitative estimate of drug-likeness (QED) is 0.289. The molecule has 2 rings (SSSR count). The molecule has 2 aromatic carbocycles. The fourth-order valence-electron chi connectivity index (χ4n) is 4.40. The van der Waals surface area contributed by atoms with Crippen molar-refractivity contribution in [2.24, 2.45) is 0 Å². The largest absolute Gasteiger partial charge is 0.391 e. The van der Waals surface area contributed by atoms with Crippen molar-refractivity contribution in [2.75, 3.05) is 32.8 Å². The Labute approximate surface area is 235 Å². The molecule has 0 unspecified atom stereocenters. The van der Waals surface area contributed by atoms with E-state index in [2.05, 4.69) is 10.6 Å². The molecule has 3 N–H and O–H groups in total. The molecule has 0 aliphatic carbocycles. The molecule has 0 aromatic heterocycles. The van der Waals surface area contributed by atoms with Gasteiger partial charge in [0.15, 0.2) is 0 Å². The maximum absolute atomic E-state index is 13.9. The van der Waals surface area contributed by atoms with Gasteiger partial charge in [-0.25, -0.2) is 8.78 Å². The van der Waals surface area contributed by atoms with Gasteiger partial charge in [-0.05, 0) is 81.0 Å². The van der Waals surface area contributed by atoms with Crippen molar-refractivity contribution in [3.63, 3.8) is 0 Å². The molecule has 2 atom stereocenters. The zero-order chi connectivity index (χ0) is 29.7. The van der Waals surface area contributed by atoms with E-state index in [1.807, 2.05) is 13.8 Å². The zero-order valence-corrected chi connectivity index (χ0v) is 23.8. The van der Waals surface area contributed by atoms with Crippen LogP contribution in [0.5, 0.6) is 0 Å². The van der Waals surface area contributed by atoms with Gasteiger partial charge in [-0.15, -0.1) is 0 Å². The minimum Gasteiger partial charge on any atom is -0.391 e. The molecule has 0 saturated carbocycles. The van der Waals surface area contributed by atoms with E-state index in [-0.39, 0.29) is 48.9 Å². The Morgan fingerprint density at radius 2 is 1.57 bits per heavy atom. The zero-order valence-electron chi connectivity index (χ0n) is 23.8. The Balaban J connectivity index is 2.25. The van der Waals surface area contributed by atoms with Gasteiger partial charge in [-0.3, -0.25) is 14.4 Å². The average Bonchev–Trinajstić information content (AvgIpc) is 2.90. The summed E-state index contributed by atoms with van der Waals surface area (Å²) < 4.78 is 32.8. The number of amides is 3. The predicted molar refractivity (Wildman–Crippen MR) is 149 cm³/mol. The summed E-state index contributed by atoms with van der Waals surface area (Å²) in [6.07, 6.45) is 0.459. The highest BCUT2D eigenvalue weighted by atomic mass is 19.1. The fraction of sp³-hybridized carbons (Fsp3) is 0.500. The number of benzene rings is 2. The topological polar surface area (TPSA) is 108 Å². The molecule has 40 heavy (non-hydrogen) atoms. The maximum atomic E-state index is 13.9. The Morgan fingerprint density at radius 1 is 0.950 bits per heavy atom. The number of nitrogens with one attached hydrogen (secondary N) is 2. The molecule has 10 heteroatoms. The number of carbonyl (C=O) groups is 3. The number of carbonyl (C=O) groups excluding carboxylic acids is 3. The molecular weight excluding hydrogens is 520 g/mol. The fourth-order valence-corrected chi connectivity index (χ4v) is 4.40. The van der Waals surface area contributed by atoms with Crippen LogP contribution in [0.2, 0.25) is 0 Å². The summed E-state index contributed by atoms with van der Waals surface area (Å²) in [5.74, 6) is -2.61. The van der Waals surface area contributed by atoms with Crippen LogP contribution in [0.4, 0.5) is 8.78 Å². The van der Waals surface area contributed by atoms with Gasteiger partial charge in [-0.2, -0.15) is 0 Å². The minimum atomic E-state index is -1.15. The molecule has 0 heterocycles. The number of rotatable bonds is 16. The van der Waals surface area contributed by atoms with Crippen molar-refractivity contribution in [3.8, 4) is 0 Å². The van der Waals surface area contributed by atoms with Gasteiger partial charge in [0.05, 0.1) is 12.1 Å². The van der Waals surface area contributed by atoms with Crippen LogP contribution in [0.25, 0.3) is 0 Å². The Morgan fingerprint density at radius 3 is 2.17 bits per heavy atom. The van der Waals surface area contributed by atoms with Gasteiger partial charge in [0.2, 0.25) is 5.91 Å². The molecule has 0 spiro atoms. The molecule has 8 nitrogen and oxygen atoms in total. The third kappa shape index (κ3) is 10.7. The van der Waals surface area contributed by atoms with Gasteiger partial charge in [0.25, 0.3) is 11.8 Å². The molecule has 3 amide bonds. The lowest BCUT2D eigenvalue weighted by molar-refractivity contribution is -0.125. The lowest BCUT2D eigenvalue weighted by Crippen LogP contribution is -2.46. The van der Waals surface area contributed by atoms with Crippen molar-refractivity contribution in [3.05, 3.63) is 70.3 Å². The van der Waals surface area contributed by atoms with E-state index >= 15 is 0 Å². The van der Waals surface area contributed by atoms with Crippen LogP contribution in [0.1, 0.15) is 71.9 Å². The first kappa shape index (κ1) is 32.8. The summed E-state index contributed by atoms with van der Waals surface area (Å²) in [4.78, 5) is 40.1. The van der Waals surface area contributed by atoms with Crippen LogP contribution in [0.15, 0.2) is 36.4 Å². The summed E-state index contributed by atoms with van der Waals surface area (Å²) >= 11 is 0. The van der Waals surface area contributed by atoms with Crippen LogP contribution in [0, 0.1) is 18.6 Å². The number of aryl methyl sites for hydroxylation is 1. The van der Waals surface area contributed by atoms with Crippen molar-refractivity contribution < 1.29 is 33.0 Å². The van der Waals surface area contributed by atoms with Gasteiger partial charge in [0, 0.05) is 43.4 Å². The standard InChI is InChI=1S/C30H41F2N3O5/c1-5-10-35(11-6-2)30(39)23-13-20(4)12-22(17-23)29(38)34-26(16-21-14-24(31)18-25(32)15-21)27(36)8-9-33-28(37)19-40-7-3/h12-15,17-18,26-27,36H,5-11,16,19H2,1-4H3,(H,33,37)(H,34,38)/t26-,27+/m0/s1. The third-order valence-corrected chi connectivity index (χ3v) is 6.22. The molecule has 0 bridgehead atoms. The van der Waals surface area contributed by atoms with Crippen LogP contribution in [-0.2, 0) is 16.0 Å². The maximum Gasteiger partial charge on any atom is 0.253 e. The van der Waals surface area contributed by atoms with E-state index < -0.39 is 29.7 Å². The van der Waals surface area contributed by atoms with Gasteiger partial charge in [-0.1, -0.05) is 13.8 Å². The van der Waals surface area contributed by atoms with Crippen molar-refractivity contribution in [1.29, 1.82) is 0 Å². The second-order valence-corrected chi connectivity index (χ2v) is 9.78. The number of ether oxygens (including phenoxy) is 1. The van der Waals surface area contributed by atoms with E-state index in [4.69, 9.17) is 4.74 Å². The van der Waals surface area contributed by atoms with E-state index in [0.29, 0.717) is 30.8 Å². The Hall–Kier alpha value is -3.37. The average molecular weight is 562 g/mol. The highest BCUT2D eigenvalue weighted by Gasteiger charge is 2.24. The molecule has 0 fully saturated rings. The van der Waals surface area contributed by atoms with Crippen LogP contribution >= 0.6 is 0 Å². The summed E-state index contributed by atoms with van der Waals surface area (Å²) in [5, 5.41) is 16.3. The molecule has 2 aromatic rings. The van der Waals surface area contributed by atoms with Crippen molar-refractivity contribution in [2.45, 2.75) is 65.5 Å². The van der Waals surface area contributed by atoms with E-state index in [1.165, 1.54) is 6.07 Å². The van der Waals surface area contributed by atoms with E-state index in [1.54, 1.807) is 30.9 Å². The number of nitrogens with zero attached hydrogens (tertiary/aromatic N) is 1. The summed E-state index contributed by atoms with van der Waals surface area (Å²) in [6.45, 7) is 9.10. The molecule has 0 aliphatic rings. The van der Waals surface area contributed by atoms with Crippen LogP contribution in [0.3, 0.4) is 0 Å². The molecule has 0 saturated heterocycles. The summed E-state index contributed by atoms with van der Waals surface area (Å²) in [6, 6.07) is 6.96. The smallest absolute Gasteiger partial charge is 0.253 e. The Bertz CT molecular complexity index is 1120. The summed E-state index contributed by atoms with van der Waals surface area (Å²) in [5.41, 5.74) is 1.57. The second-order valence-electron chi connectivity index (χ2n) is 9.78. The Kier molecular flexibility index (Phi) is 13.7. The highest BCUT2D eigenvalue weighted by molar-refractivity contribution is 6.00.